The van der Waals surface area contributed by atoms with Crippen LogP contribution >= 0.6 is 11.3 Å². The number of aliphatic imine (C=N–C) groups is 1. The van der Waals surface area contributed by atoms with Crippen molar-refractivity contribution in [1.82, 2.24) is 25.1 Å². The summed E-state index contributed by atoms with van der Waals surface area (Å²) in [6, 6.07) is 20.4. The second-order valence-corrected chi connectivity index (χ2v) is 13.2. The summed E-state index contributed by atoms with van der Waals surface area (Å²) >= 11 is 1.62. The van der Waals surface area contributed by atoms with E-state index in [4.69, 9.17) is 33.9 Å². The first-order chi connectivity index (χ1) is 25.5. The van der Waals surface area contributed by atoms with Gasteiger partial charge in [-0.25, -0.2) is 9.97 Å². The molecule has 260 valence electrons. The molecule has 0 spiro atoms. The Morgan fingerprint density at radius 3 is 2.33 bits per heavy atom. The number of methoxy groups -OCH3 is 4. The molecule has 52 heavy (non-hydrogen) atoms. The quantitative estimate of drug-likeness (QED) is 0.197. The third kappa shape index (κ3) is 6.33. The Morgan fingerprint density at radius 2 is 1.52 bits per heavy atom. The Morgan fingerprint density at radius 1 is 0.750 bits per heavy atom. The van der Waals surface area contributed by atoms with Gasteiger partial charge in [-0.15, -0.1) is 11.3 Å². The van der Waals surface area contributed by atoms with Crippen LogP contribution in [0.25, 0.3) is 38.7 Å². The van der Waals surface area contributed by atoms with Gasteiger partial charge >= 0.3 is 0 Å². The third-order valence-corrected chi connectivity index (χ3v) is 9.99. The molecule has 0 amide bonds. The van der Waals surface area contributed by atoms with Gasteiger partial charge in [0.05, 0.1) is 74.9 Å². The van der Waals surface area contributed by atoms with Crippen LogP contribution in [-0.2, 0) is 19.4 Å². The van der Waals surface area contributed by atoms with E-state index in [1.165, 1.54) is 16.7 Å². The van der Waals surface area contributed by atoms with Gasteiger partial charge in [0.15, 0.2) is 28.8 Å². The number of H-pyrrole nitrogens is 1. The summed E-state index contributed by atoms with van der Waals surface area (Å²) in [4.78, 5) is 24.4. The van der Waals surface area contributed by atoms with Crippen molar-refractivity contribution in [1.29, 1.82) is 0 Å². The largest absolute Gasteiger partial charge is 0.493 e. The first kappa shape index (κ1) is 33.0. The Kier molecular flexibility index (Phi) is 9.04. The van der Waals surface area contributed by atoms with E-state index in [1.54, 1.807) is 46.0 Å². The molecule has 7 aromatic rings. The van der Waals surface area contributed by atoms with Gasteiger partial charge in [-0.3, -0.25) is 20.1 Å². The summed E-state index contributed by atoms with van der Waals surface area (Å²) < 4.78 is 21.6. The van der Waals surface area contributed by atoms with Crippen molar-refractivity contribution in [3.05, 3.63) is 116 Å². The van der Waals surface area contributed by atoms with Crippen molar-refractivity contribution in [2.75, 3.05) is 35.0 Å². The van der Waals surface area contributed by atoms with Crippen LogP contribution in [0.3, 0.4) is 0 Å². The summed E-state index contributed by atoms with van der Waals surface area (Å²) in [6.45, 7) is 1.46. The van der Waals surface area contributed by atoms with Gasteiger partial charge < -0.3 is 18.9 Å². The molecule has 0 atom stereocenters. The van der Waals surface area contributed by atoms with Crippen LogP contribution in [0.2, 0.25) is 0 Å². The number of pyridine rings is 1. The van der Waals surface area contributed by atoms with E-state index in [9.17, 15) is 0 Å². The molecule has 12 heteroatoms. The average molecular weight is 710 g/mol. The lowest BCUT2D eigenvalue weighted by Crippen LogP contribution is -2.29. The fourth-order valence-corrected chi connectivity index (χ4v) is 7.25. The van der Waals surface area contributed by atoms with Crippen molar-refractivity contribution in [3.63, 3.8) is 0 Å². The zero-order chi connectivity index (χ0) is 35.6. The minimum absolute atomic E-state index is 0.639. The summed E-state index contributed by atoms with van der Waals surface area (Å²) in [6.07, 6.45) is 7.21. The zero-order valence-electron chi connectivity index (χ0n) is 29.1. The molecule has 2 aliphatic heterocycles. The summed E-state index contributed by atoms with van der Waals surface area (Å²) in [7, 11) is 6.56. The zero-order valence-corrected chi connectivity index (χ0v) is 30.0. The molecule has 0 fully saturated rings. The summed E-state index contributed by atoms with van der Waals surface area (Å²) in [5.41, 5.74) is 9.27. The van der Waals surface area contributed by atoms with E-state index >= 15 is 0 Å². The fourth-order valence-electron chi connectivity index (χ4n) is 6.59. The van der Waals surface area contributed by atoms with E-state index in [2.05, 4.69) is 44.4 Å². The van der Waals surface area contributed by atoms with Crippen LogP contribution in [0, 0.1) is 0 Å². The van der Waals surface area contributed by atoms with E-state index in [0.29, 0.717) is 36.0 Å². The third-order valence-electron chi connectivity index (χ3n) is 9.13. The molecule has 2 aliphatic rings. The standard InChI is InChI=1S/C22H19N3O2.C18H16N4O2S/c1-26-20-9-17-16-5-6-24-22(16)19(25-18(17)10-21(20)27-2)8-13-3-4-14-11-23-12-15(14)7-13;1-23-14-6-5-11(9-15(14)24-2)8-12-17-13(10-19-22-17)21-18(20-12)16-4-3-7-25-16/h3-5,7,9-11H,6,8,12H2,1-2H3;3-7,9-10H,8H2,1-2H3,(H,19,22). The van der Waals surface area contributed by atoms with Crippen LogP contribution in [0.5, 0.6) is 23.0 Å². The van der Waals surface area contributed by atoms with Crippen LogP contribution in [0.15, 0.2) is 82.2 Å². The van der Waals surface area contributed by atoms with Gasteiger partial charge in [-0.2, -0.15) is 5.10 Å². The van der Waals surface area contributed by atoms with Gasteiger partial charge in [0.1, 0.15) is 11.0 Å². The summed E-state index contributed by atoms with van der Waals surface area (Å²) in [5.74, 6) is 3.53. The number of aromatic nitrogens is 5. The Labute approximate surface area is 303 Å². The molecule has 3 aromatic carbocycles. The van der Waals surface area contributed by atoms with Crippen molar-refractivity contribution in [2.24, 2.45) is 9.98 Å². The average Bonchev–Trinajstić information content (AvgIpc) is 4.02. The second kappa shape index (κ2) is 14.2. The van der Waals surface area contributed by atoms with Gasteiger partial charge in [-0.05, 0) is 51.9 Å². The second-order valence-electron chi connectivity index (χ2n) is 12.2. The number of fused-ring (bicyclic) bond motifs is 5. The fraction of sp³-hybridized carbons (Fsp3) is 0.200. The van der Waals surface area contributed by atoms with E-state index < -0.39 is 0 Å². The lowest BCUT2D eigenvalue weighted by atomic mass is 10.0. The highest BCUT2D eigenvalue weighted by Crippen LogP contribution is 2.32. The molecule has 4 aromatic heterocycles. The van der Waals surface area contributed by atoms with Crippen LogP contribution in [-0.4, -0.2) is 66.3 Å². The van der Waals surface area contributed by atoms with E-state index in [-0.39, 0.29) is 0 Å². The highest BCUT2D eigenvalue weighted by molar-refractivity contribution is 7.13. The SMILES string of the molecule is COc1cc2nc(Cc3ccc4c(c3)CN=C4)c3c(c2cc1OC)=CCN=3.COc1ccc(Cc2nc(-c3cccs3)nc3cn[nH]c23)cc1OC. The Balaban J connectivity index is 0.000000149. The van der Waals surface area contributed by atoms with E-state index in [1.807, 2.05) is 54.1 Å². The maximum atomic E-state index is 5.46. The maximum absolute atomic E-state index is 5.46. The predicted molar refractivity (Wildman–Crippen MR) is 203 cm³/mol. The number of thiophene rings is 1. The molecular weight excluding hydrogens is 675 g/mol. The van der Waals surface area contributed by atoms with Crippen molar-refractivity contribution >= 4 is 45.6 Å². The van der Waals surface area contributed by atoms with Crippen LogP contribution < -0.4 is 29.5 Å². The molecule has 11 nitrogen and oxygen atoms in total. The number of hydrogen-bond acceptors (Lipinski definition) is 11. The molecule has 0 aliphatic carbocycles. The monoisotopic (exact) mass is 709 g/mol. The number of ether oxygens (including phenoxy) is 4. The minimum atomic E-state index is 0.639. The minimum Gasteiger partial charge on any atom is -0.493 e. The predicted octanol–water partition coefficient (Wildman–Crippen LogP) is 5.88. The van der Waals surface area contributed by atoms with Gasteiger partial charge in [0.25, 0.3) is 0 Å². The molecule has 0 saturated carbocycles. The number of nitrogens with zero attached hydrogens (tertiary/aromatic N) is 6. The molecule has 0 bridgehead atoms. The van der Waals surface area contributed by atoms with Crippen molar-refractivity contribution in [3.8, 4) is 33.7 Å². The first-order valence-electron chi connectivity index (χ1n) is 16.7. The van der Waals surface area contributed by atoms with Gasteiger partial charge in [-0.1, -0.05) is 36.4 Å². The molecule has 6 heterocycles. The lowest BCUT2D eigenvalue weighted by molar-refractivity contribution is 0.354. The van der Waals surface area contributed by atoms with Crippen LogP contribution in [0.1, 0.15) is 33.6 Å². The number of benzene rings is 3. The number of nitrogens with one attached hydrogen (secondary N) is 1. The Bertz CT molecular complexity index is 2600. The smallest absolute Gasteiger partial charge is 0.170 e. The summed E-state index contributed by atoms with van der Waals surface area (Å²) in [5, 5.41) is 12.3. The van der Waals surface area contributed by atoms with Gasteiger partial charge in [0, 0.05) is 35.7 Å². The van der Waals surface area contributed by atoms with E-state index in [0.717, 1.165) is 73.1 Å². The Hall–Kier alpha value is -6.14. The highest BCUT2D eigenvalue weighted by atomic mass is 32.1. The molecule has 0 unspecified atom stereocenters. The molecular formula is C40H35N7O4S. The highest BCUT2D eigenvalue weighted by Gasteiger charge is 2.16. The van der Waals surface area contributed by atoms with Crippen molar-refractivity contribution < 1.29 is 18.9 Å². The first-order valence-corrected chi connectivity index (χ1v) is 17.6. The molecule has 9 rings (SSSR count). The normalized spacial score (nSPS) is 12.5. The molecule has 0 saturated heterocycles. The maximum Gasteiger partial charge on any atom is 0.170 e. The molecule has 0 radical (unpaired) electrons. The molecule has 1 N–H and O–H groups in total. The number of hydrogen-bond donors (Lipinski definition) is 1. The topological polar surface area (TPSA) is 129 Å². The van der Waals surface area contributed by atoms with Crippen molar-refractivity contribution in [2.45, 2.75) is 19.4 Å². The number of aromatic amines is 1. The number of rotatable bonds is 9. The van der Waals surface area contributed by atoms with Gasteiger partial charge in [0.2, 0.25) is 0 Å². The lowest BCUT2D eigenvalue weighted by Gasteiger charge is -2.11. The van der Waals surface area contributed by atoms with Crippen LogP contribution in [0.4, 0.5) is 0 Å².